The molecule has 112 valence electrons. The minimum Gasteiger partial charge on any atom is -0.371 e. The van der Waals surface area contributed by atoms with Crippen LogP contribution in [-0.4, -0.2) is 24.7 Å². The predicted octanol–water partition coefficient (Wildman–Crippen LogP) is 2.75. The number of anilines is 1. The van der Waals surface area contributed by atoms with Crippen molar-refractivity contribution in [3.63, 3.8) is 0 Å². The Labute approximate surface area is 112 Å². The van der Waals surface area contributed by atoms with Crippen LogP contribution in [0.1, 0.15) is 12.5 Å². The van der Waals surface area contributed by atoms with Crippen LogP contribution in [0.2, 0.25) is 0 Å². The first-order valence-corrected chi connectivity index (χ1v) is 5.67. The van der Waals surface area contributed by atoms with Gasteiger partial charge in [0, 0.05) is 6.07 Å². The molecule has 1 unspecified atom stereocenters. The largest absolute Gasteiger partial charge is 0.405 e. The van der Waals surface area contributed by atoms with Gasteiger partial charge in [-0.05, 0) is 25.5 Å². The predicted molar refractivity (Wildman–Crippen MR) is 63.2 cm³/mol. The van der Waals surface area contributed by atoms with Crippen molar-refractivity contribution in [2.75, 3.05) is 11.9 Å². The zero-order valence-electron chi connectivity index (χ0n) is 10.7. The molecule has 1 aromatic carbocycles. The molecule has 1 aromatic rings. The minimum absolute atomic E-state index is 0.0854. The van der Waals surface area contributed by atoms with Gasteiger partial charge in [-0.1, -0.05) is 0 Å². The van der Waals surface area contributed by atoms with E-state index in [1.54, 1.807) is 5.32 Å². The maximum atomic E-state index is 13.5. The Hall–Kier alpha value is -1.86. The molecule has 0 heterocycles. The Morgan fingerprint density at radius 3 is 2.40 bits per heavy atom. The fraction of sp³-hybridized carbons (Fsp3) is 0.417. The molecule has 0 radical (unpaired) electrons. The van der Waals surface area contributed by atoms with E-state index in [4.69, 9.17) is 0 Å². The fourth-order valence-electron chi connectivity index (χ4n) is 1.40. The van der Waals surface area contributed by atoms with E-state index in [1.165, 1.54) is 13.8 Å². The molecular weight excluding hydrogens is 283 g/mol. The maximum Gasteiger partial charge on any atom is 0.405 e. The highest BCUT2D eigenvalue weighted by molar-refractivity contribution is 5.84. The number of hydrogen-bond acceptors (Lipinski definition) is 2. The van der Waals surface area contributed by atoms with Crippen LogP contribution in [0.15, 0.2) is 12.1 Å². The highest BCUT2D eigenvalue weighted by atomic mass is 19.4. The van der Waals surface area contributed by atoms with Crippen LogP contribution in [-0.2, 0) is 4.79 Å². The molecule has 2 N–H and O–H groups in total. The zero-order chi connectivity index (χ0) is 15.5. The first-order valence-electron chi connectivity index (χ1n) is 5.67. The van der Waals surface area contributed by atoms with Crippen molar-refractivity contribution >= 4 is 11.6 Å². The van der Waals surface area contributed by atoms with E-state index in [-0.39, 0.29) is 11.3 Å². The molecule has 1 atom stereocenters. The Balaban J connectivity index is 2.69. The second-order valence-electron chi connectivity index (χ2n) is 4.28. The minimum atomic E-state index is -4.53. The third kappa shape index (κ3) is 4.67. The third-order valence-electron chi connectivity index (χ3n) is 2.48. The van der Waals surface area contributed by atoms with Crippen LogP contribution >= 0.6 is 0 Å². The van der Waals surface area contributed by atoms with Crippen LogP contribution < -0.4 is 10.6 Å². The molecule has 0 spiro atoms. The summed E-state index contributed by atoms with van der Waals surface area (Å²) in [4.78, 5) is 11.4. The summed E-state index contributed by atoms with van der Waals surface area (Å²) in [5.41, 5.74) is -0.204. The van der Waals surface area contributed by atoms with Gasteiger partial charge in [0.2, 0.25) is 5.91 Å². The molecule has 0 aliphatic rings. The number of halogens is 5. The zero-order valence-corrected chi connectivity index (χ0v) is 10.7. The van der Waals surface area contributed by atoms with Gasteiger partial charge in [0.05, 0.1) is 5.69 Å². The van der Waals surface area contributed by atoms with Crippen LogP contribution in [0.3, 0.4) is 0 Å². The van der Waals surface area contributed by atoms with Crippen LogP contribution in [0, 0.1) is 18.6 Å². The molecule has 0 fully saturated rings. The maximum absolute atomic E-state index is 13.5. The highest BCUT2D eigenvalue weighted by Crippen LogP contribution is 2.19. The summed E-state index contributed by atoms with van der Waals surface area (Å²) in [7, 11) is 0. The molecule has 0 aliphatic heterocycles. The van der Waals surface area contributed by atoms with E-state index in [2.05, 4.69) is 5.32 Å². The van der Waals surface area contributed by atoms with E-state index in [0.29, 0.717) is 0 Å². The number of benzene rings is 1. The van der Waals surface area contributed by atoms with Crippen molar-refractivity contribution in [3.8, 4) is 0 Å². The Morgan fingerprint density at radius 2 is 1.85 bits per heavy atom. The quantitative estimate of drug-likeness (QED) is 0.839. The standard InChI is InChI=1S/C12H13F5N2O/c1-6-3-9(14)10(4-8(6)13)19-7(2)11(20)18-5-12(15,16)17/h3-4,7,19H,5H2,1-2H3,(H,18,20). The molecule has 1 amide bonds. The van der Waals surface area contributed by atoms with Gasteiger partial charge in [-0.15, -0.1) is 0 Å². The second kappa shape index (κ2) is 6.06. The van der Waals surface area contributed by atoms with E-state index >= 15 is 0 Å². The first kappa shape index (κ1) is 16.2. The summed E-state index contributed by atoms with van der Waals surface area (Å²) < 4.78 is 62.5. The smallest absolute Gasteiger partial charge is 0.371 e. The Kier molecular flexibility index (Phi) is 4.91. The van der Waals surface area contributed by atoms with Gasteiger partial charge in [-0.3, -0.25) is 4.79 Å². The summed E-state index contributed by atoms with van der Waals surface area (Å²) >= 11 is 0. The lowest BCUT2D eigenvalue weighted by atomic mass is 10.2. The number of amides is 1. The molecule has 3 nitrogen and oxygen atoms in total. The molecule has 20 heavy (non-hydrogen) atoms. The second-order valence-corrected chi connectivity index (χ2v) is 4.28. The number of rotatable bonds is 4. The van der Waals surface area contributed by atoms with E-state index in [0.717, 1.165) is 12.1 Å². The molecule has 8 heteroatoms. The van der Waals surface area contributed by atoms with Crippen molar-refractivity contribution in [3.05, 3.63) is 29.3 Å². The monoisotopic (exact) mass is 296 g/mol. The molecule has 0 saturated heterocycles. The number of carbonyl (C=O) groups excluding carboxylic acids is 1. The van der Waals surface area contributed by atoms with Gasteiger partial charge >= 0.3 is 6.18 Å². The van der Waals surface area contributed by atoms with Gasteiger partial charge in [-0.2, -0.15) is 13.2 Å². The summed E-state index contributed by atoms with van der Waals surface area (Å²) in [5, 5.41) is 3.97. The molecule has 0 saturated carbocycles. The number of carbonyl (C=O) groups is 1. The average molecular weight is 296 g/mol. The van der Waals surface area contributed by atoms with Gasteiger partial charge in [0.25, 0.3) is 0 Å². The number of alkyl halides is 3. The fourth-order valence-corrected chi connectivity index (χ4v) is 1.40. The summed E-state index contributed by atoms with van der Waals surface area (Å²) in [5.74, 6) is -2.45. The van der Waals surface area contributed by atoms with Gasteiger partial charge in [-0.25, -0.2) is 8.78 Å². The van der Waals surface area contributed by atoms with Crippen LogP contribution in [0.5, 0.6) is 0 Å². The topological polar surface area (TPSA) is 41.1 Å². The van der Waals surface area contributed by atoms with Crippen molar-refractivity contribution < 1.29 is 26.7 Å². The van der Waals surface area contributed by atoms with E-state index in [1.807, 2.05) is 0 Å². The Bertz CT molecular complexity index is 501. The van der Waals surface area contributed by atoms with Crippen molar-refractivity contribution in [2.24, 2.45) is 0 Å². The molecule has 0 aromatic heterocycles. The van der Waals surface area contributed by atoms with Crippen LogP contribution in [0.4, 0.5) is 27.6 Å². The van der Waals surface area contributed by atoms with Crippen molar-refractivity contribution in [2.45, 2.75) is 26.1 Å². The third-order valence-corrected chi connectivity index (χ3v) is 2.48. The number of aryl methyl sites for hydroxylation is 1. The molecule has 1 rings (SSSR count). The lowest BCUT2D eigenvalue weighted by Crippen LogP contribution is -2.42. The first-order chi connectivity index (χ1) is 9.10. The van der Waals surface area contributed by atoms with Crippen LogP contribution in [0.25, 0.3) is 0 Å². The highest BCUT2D eigenvalue weighted by Gasteiger charge is 2.28. The lowest BCUT2D eigenvalue weighted by Gasteiger charge is -2.17. The van der Waals surface area contributed by atoms with Gasteiger partial charge in [0.1, 0.15) is 24.2 Å². The Morgan fingerprint density at radius 1 is 1.25 bits per heavy atom. The number of nitrogens with one attached hydrogen (secondary N) is 2. The molecule has 0 aliphatic carbocycles. The molecular formula is C12H13F5N2O. The molecule has 0 bridgehead atoms. The number of hydrogen-bond donors (Lipinski definition) is 2. The van der Waals surface area contributed by atoms with E-state index < -0.39 is 36.3 Å². The van der Waals surface area contributed by atoms with Gasteiger partial charge in [0.15, 0.2) is 0 Å². The normalized spacial score (nSPS) is 12.9. The summed E-state index contributed by atoms with van der Waals surface area (Å²) in [6.45, 7) is 1.12. The average Bonchev–Trinajstić information content (AvgIpc) is 2.31. The SMILES string of the molecule is Cc1cc(F)c(NC(C)C(=O)NCC(F)(F)F)cc1F. The van der Waals surface area contributed by atoms with E-state index in [9.17, 15) is 26.7 Å². The lowest BCUT2D eigenvalue weighted by molar-refractivity contribution is -0.138. The summed E-state index contributed by atoms with van der Waals surface area (Å²) in [6, 6.07) is 0.630. The van der Waals surface area contributed by atoms with Gasteiger partial charge < -0.3 is 10.6 Å². The summed E-state index contributed by atoms with van der Waals surface area (Å²) in [6.07, 6.45) is -4.53. The van der Waals surface area contributed by atoms with Crippen molar-refractivity contribution in [1.82, 2.24) is 5.32 Å². The van der Waals surface area contributed by atoms with Crippen molar-refractivity contribution in [1.29, 1.82) is 0 Å².